The van der Waals surface area contributed by atoms with Crippen molar-refractivity contribution < 1.29 is 14.3 Å². The molecule has 0 aromatic heterocycles. The maximum absolute atomic E-state index is 11.8. The molecular weight excluding hydrogens is 384 g/mol. The molecule has 2 aromatic rings. The third-order valence-electron chi connectivity index (χ3n) is 2.99. The summed E-state index contributed by atoms with van der Waals surface area (Å²) >= 11 is 3.37. The van der Waals surface area contributed by atoms with Gasteiger partial charge in [-0.15, -0.1) is 0 Å². The van der Waals surface area contributed by atoms with Crippen molar-refractivity contribution in [3.63, 3.8) is 0 Å². The van der Waals surface area contributed by atoms with Gasteiger partial charge < -0.3 is 20.1 Å². The van der Waals surface area contributed by atoms with Crippen LogP contribution in [0.1, 0.15) is 6.92 Å². The van der Waals surface area contributed by atoms with E-state index in [4.69, 9.17) is 9.47 Å². The van der Waals surface area contributed by atoms with Gasteiger partial charge in [-0.05, 0) is 49.4 Å². The van der Waals surface area contributed by atoms with Gasteiger partial charge in [-0.1, -0.05) is 33.8 Å². The van der Waals surface area contributed by atoms with Crippen molar-refractivity contribution in [1.82, 2.24) is 5.32 Å². The number of benzene rings is 2. The van der Waals surface area contributed by atoms with Gasteiger partial charge in [0.1, 0.15) is 18.1 Å². The standard InChI is InChI=1S/C19H19BrN2O3/c1-2-24-17-10-8-16(9-11-17)22-19(23)21-12-3-4-13-25-18-7-5-6-15(20)14-18/h5-11,14H,2,12-13H2,1H3,(H2,21,22,23). The first-order valence-corrected chi connectivity index (χ1v) is 8.58. The Labute approximate surface area is 155 Å². The van der Waals surface area contributed by atoms with Gasteiger partial charge in [0.15, 0.2) is 0 Å². The molecule has 0 aliphatic carbocycles. The lowest BCUT2D eigenvalue weighted by Gasteiger charge is -2.07. The van der Waals surface area contributed by atoms with Crippen LogP contribution in [0.3, 0.4) is 0 Å². The van der Waals surface area contributed by atoms with Crippen LogP contribution in [0.2, 0.25) is 0 Å². The molecule has 2 N–H and O–H groups in total. The van der Waals surface area contributed by atoms with Crippen LogP contribution >= 0.6 is 15.9 Å². The van der Waals surface area contributed by atoms with Crippen LogP contribution in [0.15, 0.2) is 53.0 Å². The average molecular weight is 403 g/mol. The van der Waals surface area contributed by atoms with Crippen LogP contribution in [0.4, 0.5) is 10.5 Å². The molecule has 2 rings (SSSR count). The van der Waals surface area contributed by atoms with E-state index in [-0.39, 0.29) is 19.2 Å². The second kappa shape index (κ2) is 10.3. The minimum absolute atomic E-state index is 0.241. The fraction of sp³-hybridized carbons (Fsp3) is 0.211. The van der Waals surface area contributed by atoms with Crippen LogP contribution in [0, 0.1) is 11.8 Å². The summed E-state index contributed by atoms with van der Waals surface area (Å²) < 4.78 is 11.8. The second-order valence-corrected chi connectivity index (χ2v) is 5.78. The Morgan fingerprint density at radius 3 is 2.60 bits per heavy atom. The molecule has 0 bridgehead atoms. The van der Waals surface area contributed by atoms with E-state index < -0.39 is 0 Å². The van der Waals surface area contributed by atoms with Crippen molar-refractivity contribution in [1.29, 1.82) is 0 Å². The number of carbonyl (C=O) groups excluding carboxylic acids is 1. The summed E-state index contributed by atoms with van der Waals surface area (Å²) in [5, 5.41) is 5.39. The van der Waals surface area contributed by atoms with Gasteiger partial charge in [-0.25, -0.2) is 4.79 Å². The van der Waals surface area contributed by atoms with Gasteiger partial charge in [0.2, 0.25) is 0 Å². The number of nitrogens with one attached hydrogen (secondary N) is 2. The van der Waals surface area contributed by atoms with E-state index in [0.717, 1.165) is 16.0 Å². The Hall–Kier alpha value is -2.65. The van der Waals surface area contributed by atoms with Crippen molar-refractivity contribution >= 4 is 27.6 Å². The smallest absolute Gasteiger partial charge is 0.319 e. The molecule has 0 unspecified atom stereocenters. The van der Waals surface area contributed by atoms with Crippen LogP contribution in [-0.2, 0) is 0 Å². The summed E-state index contributed by atoms with van der Waals surface area (Å²) in [7, 11) is 0. The highest BCUT2D eigenvalue weighted by atomic mass is 79.9. The summed E-state index contributed by atoms with van der Waals surface area (Å²) in [4.78, 5) is 11.8. The topological polar surface area (TPSA) is 59.6 Å². The van der Waals surface area contributed by atoms with Crippen molar-refractivity contribution in [2.45, 2.75) is 6.92 Å². The Balaban J connectivity index is 1.66. The van der Waals surface area contributed by atoms with E-state index in [1.54, 1.807) is 24.3 Å². The summed E-state index contributed by atoms with van der Waals surface area (Å²) in [5.74, 6) is 7.19. The molecule has 25 heavy (non-hydrogen) atoms. The highest BCUT2D eigenvalue weighted by molar-refractivity contribution is 9.10. The molecule has 0 aliphatic heterocycles. The molecule has 0 heterocycles. The minimum Gasteiger partial charge on any atom is -0.494 e. The highest BCUT2D eigenvalue weighted by Gasteiger charge is 2.00. The van der Waals surface area contributed by atoms with E-state index in [0.29, 0.717) is 12.3 Å². The zero-order valence-corrected chi connectivity index (χ0v) is 15.4. The van der Waals surface area contributed by atoms with Gasteiger partial charge in [-0.2, -0.15) is 0 Å². The molecule has 2 amide bonds. The Morgan fingerprint density at radius 1 is 1.08 bits per heavy atom. The number of carbonyl (C=O) groups is 1. The fourth-order valence-electron chi connectivity index (χ4n) is 1.89. The molecule has 0 saturated heterocycles. The Kier molecular flexibility index (Phi) is 7.67. The van der Waals surface area contributed by atoms with Crippen molar-refractivity contribution in [3.05, 3.63) is 53.0 Å². The SMILES string of the molecule is CCOc1ccc(NC(=O)NCC#CCOc2cccc(Br)c2)cc1. The molecular formula is C19H19BrN2O3. The van der Waals surface area contributed by atoms with Gasteiger partial charge >= 0.3 is 6.03 Å². The summed E-state index contributed by atoms with van der Waals surface area (Å²) in [6.45, 7) is 3.03. The first-order chi connectivity index (χ1) is 12.2. The second-order valence-electron chi connectivity index (χ2n) is 4.86. The van der Waals surface area contributed by atoms with Gasteiger partial charge in [0.05, 0.1) is 13.2 Å². The predicted octanol–water partition coefficient (Wildman–Crippen LogP) is 4.05. The number of ether oxygens (including phenoxy) is 2. The van der Waals surface area contributed by atoms with Gasteiger partial charge in [-0.3, -0.25) is 0 Å². The molecule has 0 fully saturated rings. The molecule has 0 saturated carbocycles. The highest BCUT2D eigenvalue weighted by Crippen LogP contribution is 2.17. The zero-order chi connectivity index (χ0) is 17.9. The Morgan fingerprint density at radius 2 is 1.88 bits per heavy atom. The van der Waals surface area contributed by atoms with Crippen molar-refractivity contribution in [3.8, 4) is 23.3 Å². The van der Waals surface area contributed by atoms with E-state index >= 15 is 0 Å². The normalized spacial score (nSPS) is 9.52. The van der Waals surface area contributed by atoms with E-state index in [1.807, 2.05) is 31.2 Å². The number of hydrogen-bond acceptors (Lipinski definition) is 3. The monoisotopic (exact) mass is 402 g/mol. The molecule has 6 heteroatoms. The Bertz CT molecular complexity index is 751. The van der Waals surface area contributed by atoms with Crippen molar-refractivity contribution in [2.24, 2.45) is 0 Å². The van der Waals surface area contributed by atoms with E-state index in [1.165, 1.54) is 0 Å². The molecule has 130 valence electrons. The van der Waals surface area contributed by atoms with Crippen LogP contribution < -0.4 is 20.1 Å². The first kappa shape index (κ1) is 18.7. The first-order valence-electron chi connectivity index (χ1n) is 7.79. The fourth-order valence-corrected chi connectivity index (χ4v) is 2.27. The quantitative estimate of drug-likeness (QED) is 0.716. The molecule has 2 aromatic carbocycles. The zero-order valence-electron chi connectivity index (χ0n) is 13.8. The molecule has 0 radical (unpaired) electrons. The number of urea groups is 1. The summed E-state index contributed by atoms with van der Waals surface area (Å²) in [6.07, 6.45) is 0. The van der Waals surface area contributed by atoms with E-state index in [9.17, 15) is 4.79 Å². The largest absolute Gasteiger partial charge is 0.494 e. The van der Waals surface area contributed by atoms with Crippen LogP contribution in [-0.4, -0.2) is 25.8 Å². The maximum Gasteiger partial charge on any atom is 0.319 e. The molecule has 0 atom stereocenters. The third-order valence-corrected chi connectivity index (χ3v) is 3.49. The third kappa shape index (κ3) is 7.19. The van der Waals surface area contributed by atoms with Crippen LogP contribution in [0.25, 0.3) is 0 Å². The predicted molar refractivity (Wildman–Crippen MR) is 102 cm³/mol. The van der Waals surface area contributed by atoms with E-state index in [2.05, 4.69) is 38.4 Å². The number of rotatable bonds is 6. The molecule has 0 aliphatic rings. The number of amides is 2. The minimum atomic E-state index is -0.314. The van der Waals surface area contributed by atoms with Gasteiger partial charge in [0.25, 0.3) is 0 Å². The lowest BCUT2D eigenvalue weighted by molar-refractivity contribution is 0.253. The van der Waals surface area contributed by atoms with Gasteiger partial charge in [0, 0.05) is 10.2 Å². The lowest BCUT2D eigenvalue weighted by atomic mass is 10.3. The maximum atomic E-state index is 11.8. The summed E-state index contributed by atoms with van der Waals surface area (Å²) in [5.41, 5.74) is 0.687. The molecule has 0 spiro atoms. The molecule has 5 nitrogen and oxygen atoms in total. The number of anilines is 1. The van der Waals surface area contributed by atoms with Crippen LogP contribution in [0.5, 0.6) is 11.5 Å². The van der Waals surface area contributed by atoms with Crippen molar-refractivity contribution in [2.75, 3.05) is 25.1 Å². The number of hydrogen-bond donors (Lipinski definition) is 2. The lowest BCUT2D eigenvalue weighted by Crippen LogP contribution is -2.28. The average Bonchev–Trinajstić information content (AvgIpc) is 2.60. The summed E-state index contributed by atoms with van der Waals surface area (Å²) in [6, 6.07) is 14.4. The number of halogens is 1.